The number of carbonyl (C=O) groups excluding carboxylic acids is 2. The van der Waals surface area contributed by atoms with E-state index >= 15 is 0 Å². The monoisotopic (exact) mass is 180 g/mol. The summed E-state index contributed by atoms with van der Waals surface area (Å²) in [6.07, 6.45) is 3.38. The molecule has 2 rings (SSSR count). The number of hydrogen-bond donors (Lipinski definition) is 1. The molecule has 2 saturated heterocycles. The highest BCUT2D eigenvalue weighted by Gasteiger charge is 2.39. The van der Waals surface area contributed by atoms with Crippen molar-refractivity contribution in [2.75, 3.05) is 6.54 Å². The summed E-state index contributed by atoms with van der Waals surface area (Å²) in [5.74, 6) is -0.0743. The Balaban J connectivity index is 2.30. The summed E-state index contributed by atoms with van der Waals surface area (Å²) in [6, 6.07) is -0.212. The molecular weight excluding hydrogens is 168 g/mol. The van der Waals surface area contributed by atoms with Gasteiger partial charge in [-0.3, -0.25) is 9.59 Å². The molecule has 0 aliphatic carbocycles. The summed E-state index contributed by atoms with van der Waals surface area (Å²) < 4.78 is 0. The molecule has 0 saturated carbocycles. The Bertz CT molecular complexity index is 296. The van der Waals surface area contributed by atoms with Crippen molar-refractivity contribution in [1.82, 2.24) is 10.2 Å². The predicted molar refractivity (Wildman–Crippen MR) is 46.6 cm³/mol. The first-order valence-electron chi connectivity index (χ1n) is 4.52. The minimum atomic E-state index is -0.212. The van der Waals surface area contributed by atoms with E-state index in [1.54, 1.807) is 17.9 Å². The Morgan fingerprint density at radius 1 is 1.54 bits per heavy atom. The Morgan fingerprint density at radius 3 is 3.00 bits per heavy atom. The van der Waals surface area contributed by atoms with E-state index in [4.69, 9.17) is 0 Å². The smallest absolute Gasteiger partial charge is 0.270 e. The molecule has 2 fully saturated rings. The maximum absolute atomic E-state index is 11.6. The molecule has 13 heavy (non-hydrogen) atoms. The molecule has 0 spiro atoms. The highest BCUT2D eigenvalue weighted by atomic mass is 16.2. The van der Waals surface area contributed by atoms with Gasteiger partial charge < -0.3 is 10.2 Å². The topological polar surface area (TPSA) is 49.4 Å². The van der Waals surface area contributed by atoms with Crippen molar-refractivity contribution in [2.24, 2.45) is 0 Å². The lowest BCUT2D eigenvalue weighted by Gasteiger charge is -2.30. The van der Waals surface area contributed by atoms with Crippen molar-refractivity contribution in [3.05, 3.63) is 11.8 Å². The maximum atomic E-state index is 11.6. The highest BCUT2D eigenvalue weighted by molar-refractivity contribution is 6.04. The standard InChI is InChI=1S/C9H12N2O2/c1-2-6-9(13)11-5-3-4-7(11)8(12)10-6/h2,7H,3-5H2,1H3,(H,10,12)/b6-2+/t7-/m0/s1. The summed E-state index contributed by atoms with van der Waals surface area (Å²) in [6.45, 7) is 2.47. The molecule has 2 aliphatic heterocycles. The van der Waals surface area contributed by atoms with Crippen LogP contribution in [-0.4, -0.2) is 29.3 Å². The number of hydrogen-bond acceptors (Lipinski definition) is 2. The lowest BCUT2D eigenvalue weighted by Crippen LogP contribution is -2.53. The molecule has 2 heterocycles. The number of rotatable bonds is 0. The van der Waals surface area contributed by atoms with E-state index in [-0.39, 0.29) is 17.9 Å². The first-order chi connectivity index (χ1) is 6.24. The molecule has 0 bridgehead atoms. The Labute approximate surface area is 76.6 Å². The maximum Gasteiger partial charge on any atom is 0.270 e. The molecular formula is C9H12N2O2. The quantitative estimate of drug-likeness (QED) is 0.534. The predicted octanol–water partition coefficient (Wildman–Crippen LogP) is 0.0110. The fraction of sp³-hybridized carbons (Fsp3) is 0.556. The molecule has 4 heteroatoms. The summed E-state index contributed by atoms with van der Waals surface area (Å²) in [5.41, 5.74) is 0.420. The van der Waals surface area contributed by atoms with E-state index in [2.05, 4.69) is 5.32 Å². The van der Waals surface area contributed by atoms with Crippen LogP contribution >= 0.6 is 0 Å². The van der Waals surface area contributed by atoms with Crippen LogP contribution in [0.3, 0.4) is 0 Å². The molecule has 1 atom stereocenters. The van der Waals surface area contributed by atoms with Crippen LogP contribution in [0.2, 0.25) is 0 Å². The van der Waals surface area contributed by atoms with Gasteiger partial charge in [0.2, 0.25) is 5.91 Å². The zero-order valence-corrected chi connectivity index (χ0v) is 7.54. The average Bonchev–Trinajstić information content (AvgIpc) is 2.60. The summed E-state index contributed by atoms with van der Waals surface area (Å²) in [4.78, 5) is 24.7. The molecule has 0 aromatic carbocycles. The molecule has 2 aliphatic rings. The van der Waals surface area contributed by atoms with Crippen molar-refractivity contribution < 1.29 is 9.59 Å². The molecule has 0 unspecified atom stereocenters. The van der Waals surface area contributed by atoms with E-state index < -0.39 is 0 Å². The van der Waals surface area contributed by atoms with Crippen molar-refractivity contribution >= 4 is 11.8 Å². The number of nitrogens with one attached hydrogen (secondary N) is 1. The van der Waals surface area contributed by atoms with Gasteiger partial charge in [0.15, 0.2) is 0 Å². The van der Waals surface area contributed by atoms with E-state index in [1.165, 1.54) is 0 Å². The molecule has 0 aromatic rings. The largest absolute Gasteiger partial charge is 0.325 e. The number of nitrogens with zero attached hydrogens (tertiary/aromatic N) is 1. The number of carbonyl (C=O) groups is 2. The third kappa shape index (κ3) is 1.13. The van der Waals surface area contributed by atoms with Gasteiger partial charge in [-0.15, -0.1) is 0 Å². The van der Waals surface area contributed by atoms with Gasteiger partial charge in [0, 0.05) is 6.54 Å². The zero-order chi connectivity index (χ0) is 9.42. The summed E-state index contributed by atoms with van der Waals surface area (Å²) in [5, 5.41) is 2.62. The van der Waals surface area contributed by atoms with Gasteiger partial charge in [-0.25, -0.2) is 0 Å². The second-order valence-corrected chi connectivity index (χ2v) is 3.35. The fourth-order valence-corrected chi connectivity index (χ4v) is 1.90. The third-order valence-corrected chi connectivity index (χ3v) is 2.59. The Morgan fingerprint density at radius 2 is 2.31 bits per heavy atom. The molecule has 0 radical (unpaired) electrons. The van der Waals surface area contributed by atoms with Crippen molar-refractivity contribution in [3.63, 3.8) is 0 Å². The second-order valence-electron chi connectivity index (χ2n) is 3.35. The lowest BCUT2D eigenvalue weighted by molar-refractivity contribution is -0.140. The fourth-order valence-electron chi connectivity index (χ4n) is 1.90. The van der Waals surface area contributed by atoms with Crippen LogP contribution in [0.5, 0.6) is 0 Å². The van der Waals surface area contributed by atoms with Crippen LogP contribution in [0.4, 0.5) is 0 Å². The van der Waals surface area contributed by atoms with Crippen molar-refractivity contribution in [1.29, 1.82) is 0 Å². The van der Waals surface area contributed by atoms with Crippen LogP contribution in [0.15, 0.2) is 11.8 Å². The van der Waals surface area contributed by atoms with E-state index in [9.17, 15) is 9.59 Å². The Hall–Kier alpha value is -1.32. The number of amides is 2. The van der Waals surface area contributed by atoms with Gasteiger partial charge in [-0.2, -0.15) is 0 Å². The van der Waals surface area contributed by atoms with Gasteiger partial charge in [0.25, 0.3) is 5.91 Å². The van der Waals surface area contributed by atoms with Gasteiger partial charge in [-0.1, -0.05) is 6.08 Å². The molecule has 4 nitrogen and oxygen atoms in total. The van der Waals surface area contributed by atoms with Gasteiger partial charge >= 0.3 is 0 Å². The van der Waals surface area contributed by atoms with E-state index in [0.717, 1.165) is 12.8 Å². The first kappa shape index (κ1) is 8.29. The molecule has 2 amide bonds. The molecule has 0 aromatic heterocycles. The van der Waals surface area contributed by atoms with Gasteiger partial charge in [-0.05, 0) is 19.8 Å². The number of piperazine rings is 1. The van der Waals surface area contributed by atoms with Crippen molar-refractivity contribution in [2.45, 2.75) is 25.8 Å². The molecule has 70 valence electrons. The zero-order valence-electron chi connectivity index (χ0n) is 7.54. The lowest BCUT2D eigenvalue weighted by atomic mass is 10.1. The van der Waals surface area contributed by atoms with E-state index in [1.807, 2.05) is 0 Å². The number of allylic oxidation sites excluding steroid dienone is 1. The van der Waals surface area contributed by atoms with Crippen LogP contribution in [-0.2, 0) is 9.59 Å². The number of fused-ring (bicyclic) bond motifs is 1. The van der Waals surface area contributed by atoms with Crippen LogP contribution in [0.25, 0.3) is 0 Å². The summed E-state index contributed by atoms with van der Waals surface area (Å²) in [7, 11) is 0. The third-order valence-electron chi connectivity index (χ3n) is 2.59. The van der Waals surface area contributed by atoms with Gasteiger partial charge in [0.1, 0.15) is 11.7 Å². The summed E-state index contributed by atoms with van der Waals surface area (Å²) >= 11 is 0. The van der Waals surface area contributed by atoms with Crippen LogP contribution in [0.1, 0.15) is 19.8 Å². The van der Waals surface area contributed by atoms with E-state index in [0.29, 0.717) is 12.2 Å². The van der Waals surface area contributed by atoms with Crippen LogP contribution in [0, 0.1) is 0 Å². The second kappa shape index (κ2) is 2.87. The molecule has 1 N–H and O–H groups in total. The highest BCUT2D eigenvalue weighted by Crippen LogP contribution is 2.22. The van der Waals surface area contributed by atoms with Crippen molar-refractivity contribution in [3.8, 4) is 0 Å². The minimum absolute atomic E-state index is 0.0369. The normalized spacial score (nSPS) is 30.7. The first-order valence-corrected chi connectivity index (χ1v) is 4.52. The minimum Gasteiger partial charge on any atom is -0.325 e. The SMILES string of the molecule is C/C=C1/NC(=O)[C@@H]2CCCN2C1=O. The van der Waals surface area contributed by atoms with Gasteiger partial charge in [0.05, 0.1) is 0 Å². The average molecular weight is 180 g/mol. The van der Waals surface area contributed by atoms with Crippen LogP contribution < -0.4 is 5.32 Å². The Kier molecular flexibility index (Phi) is 1.83.